The largest absolute Gasteiger partial charge is 0.368 e. The number of nitrogens with one attached hydrogen (secondary N) is 1. The molecule has 0 bridgehead atoms. The van der Waals surface area contributed by atoms with Gasteiger partial charge in [0.1, 0.15) is 6.10 Å². The average molecular weight is 328 g/mol. The molecule has 0 spiro atoms. The second kappa shape index (κ2) is 9.25. The van der Waals surface area contributed by atoms with Crippen LogP contribution in [0.3, 0.4) is 0 Å². The summed E-state index contributed by atoms with van der Waals surface area (Å²) in [6.45, 7) is 7.69. The van der Waals surface area contributed by atoms with Gasteiger partial charge in [-0.2, -0.15) is 11.8 Å². The molecule has 1 atom stereocenters. The molecule has 1 N–H and O–H groups in total. The van der Waals surface area contributed by atoms with Crippen LogP contribution in [0.5, 0.6) is 0 Å². The van der Waals surface area contributed by atoms with Crippen molar-refractivity contribution in [3.8, 4) is 0 Å². The van der Waals surface area contributed by atoms with Gasteiger partial charge in [-0.05, 0) is 26.0 Å². The molecule has 1 amide bonds. The van der Waals surface area contributed by atoms with Crippen molar-refractivity contribution >= 4 is 23.6 Å². The number of hydrogen-bond donors (Lipinski definition) is 1. The minimum absolute atomic E-state index is 0.168. The zero-order valence-corrected chi connectivity index (χ0v) is 14.5. The molecule has 0 aromatic rings. The van der Waals surface area contributed by atoms with Crippen LogP contribution in [0.4, 0.5) is 0 Å². The summed E-state index contributed by atoms with van der Waals surface area (Å²) in [5.74, 6) is 2.18. The molecule has 126 valence electrons. The lowest BCUT2D eigenvalue weighted by Crippen LogP contribution is -2.55. The van der Waals surface area contributed by atoms with Crippen molar-refractivity contribution in [2.24, 2.45) is 4.99 Å². The monoisotopic (exact) mass is 328 g/mol. The summed E-state index contributed by atoms with van der Waals surface area (Å²) in [7, 11) is 0. The molecule has 2 fully saturated rings. The number of amides is 1. The molecule has 0 saturated carbocycles. The third-order valence-electron chi connectivity index (χ3n) is 3.99. The molecule has 1 unspecified atom stereocenters. The predicted molar refractivity (Wildman–Crippen MR) is 91.5 cm³/mol. The fraction of sp³-hybridized carbons (Fsp3) is 0.867. The number of nitrogens with zero attached hydrogens (tertiary/aromatic N) is 3. The average Bonchev–Trinajstić information content (AvgIpc) is 3.08. The molecule has 22 heavy (non-hydrogen) atoms. The lowest BCUT2D eigenvalue weighted by Gasteiger charge is -2.37. The van der Waals surface area contributed by atoms with Crippen LogP contribution in [0.15, 0.2) is 4.99 Å². The summed E-state index contributed by atoms with van der Waals surface area (Å²) < 4.78 is 5.50. The molecule has 2 heterocycles. The summed E-state index contributed by atoms with van der Waals surface area (Å²) >= 11 is 1.81. The van der Waals surface area contributed by atoms with Gasteiger partial charge in [0.2, 0.25) is 0 Å². The number of ether oxygens (including phenoxy) is 1. The zero-order chi connectivity index (χ0) is 15.8. The molecular weight excluding hydrogens is 300 g/mol. The lowest BCUT2D eigenvalue weighted by atomic mass is 10.2. The number of thioether (sulfide) groups is 1. The maximum absolute atomic E-state index is 12.3. The molecule has 0 radical (unpaired) electrons. The van der Waals surface area contributed by atoms with Gasteiger partial charge in [-0.25, -0.2) is 0 Å². The van der Waals surface area contributed by atoms with Crippen molar-refractivity contribution in [1.29, 1.82) is 0 Å². The number of carbonyl (C=O) groups excluding carboxylic acids is 1. The van der Waals surface area contributed by atoms with Crippen molar-refractivity contribution in [1.82, 2.24) is 15.1 Å². The number of carbonyl (C=O) groups is 1. The molecule has 0 aromatic carbocycles. The van der Waals surface area contributed by atoms with Crippen LogP contribution in [0, 0.1) is 0 Å². The van der Waals surface area contributed by atoms with E-state index >= 15 is 0 Å². The molecule has 0 aliphatic carbocycles. The number of hydrogen-bond acceptors (Lipinski definition) is 4. The molecule has 2 saturated heterocycles. The SMILES string of the molecule is CCNC(=NCCSC)N1CCN(C(=O)C2CCCO2)CC1. The summed E-state index contributed by atoms with van der Waals surface area (Å²) in [6.07, 6.45) is 3.77. The Balaban J connectivity index is 1.83. The summed E-state index contributed by atoms with van der Waals surface area (Å²) in [5.41, 5.74) is 0. The van der Waals surface area contributed by atoms with Gasteiger partial charge in [-0.15, -0.1) is 0 Å². The van der Waals surface area contributed by atoms with Crippen LogP contribution in [0.2, 0.25) is 0 Å². The maximum Gasteiger partial charge on any atom is 0.251 e. The smallest absolute Gasteiger partial charge is 0.251 e. The van der Waals surface area contributed by atoms with Gasteiger partial charge >= 0.3 is 0 Å². The van der Waals surface area contributed by atoms with E-state index in [-0.39, 0.29) is 12.0 Å². The van der Waals surface area contributed by atoms with Crippen LogP contribution in [0.25, 0.3) is 0 Å². The number of aliphatic imine (C=N–C) groups is 1. The molecule has 0 aromatic heterocycles. The van der Waals surface area contributed by atoms with Crippen LogP contribution in [-0.2, 0) is 9.53 Å². The highest BCUT2D eigenvalue weighted by Gasteiger charge is 2.30. The predicted octanol–water partition coefficient (Wildman–Crippen LogP) is 0.638. The van der Waals surface area contributed by atoms with Crippen molar-refractivity contribution in [3.05, 3.63) is 0 Å². The Morgan fingerprint density at radius 3 is 2.64 bits per heavy atom. The van der Waals surface area contributed by atoms with Gasteiger partial charge in [-0.1, -0.05) is 0 Å². The van der Waals surface area contributed by atoms with Crippen LogP contribution >= 0.6 is 11.8 Å². The first-order chi connectivity index (χ1) is 10.8. The van der Waals surface area contributed by atoms with Gasteiger partial charge in [0.25, 0.3) is 5.91 Å². The fourth-order valence-corrected chi connectivity index (χ4v) is 3.06. The molecule has 6 nitrogen and oxygen atoms in total. The van der Waals surface area contributed by atoms with E-state index in [1.807, 2.05) is 4.90 Å². The van der Waals surface area contributed by atoms with Crippen LogP contribution in [0.1, 0.15) is 19.8 Å². The Labute approximate surface area is 137 Å². The highest BCUT2D eigenvalue weighted by Crippen LogP contribution is 2.16. The highest BCUT2D eigenvalue weighted by atomic mass is 32.2. The molecular formula is C15H28N4O2S. The number of piperazine rings is 1. The van der Waals surface area contributed by atoms with E-state index < -0.39 is 0 Å². The Morgan fingerprint density at radius 1 is 1.32 bits per heavy atom. The molecule has 2 aliphatic rings. The normalized spacial score (nSPS) is 23.0. The first-order valence-electron chi connectivity index (χ1n) is 8.18. The summed E-state index contributed by atoms with van der Waals surface area (Å²) in [6, 6.07) is 0. The van der Waals surface area contributed by atoms with E-state index in [0.29, 0.717) is 0 Å². The number of rotatable bonds is 5. The third kappa shape index (κ3) is 4.78. The van der Waals surface area contributed by atoms with Crippen LogP contribution in [-0.4, -0.2) is 85.7 Å². The minimum Gasteiger partial charge on any atom is -0.368 e. The Morgan fingerprint density at radius 2 is 2.05 bits per heavy atom. The van der Waals surface area contributed by atoms with Gasteiger partial charge < -0.3 is 19.9 Å². The highest BCUT2D eigenvalue weighted by molar-refractivity contribution is 7.98. The fourth-order valence-electron chi connectivity index (χ4n) is 2.78. The van der Waals surface area contributed by atoms with Crippen molar-refractivity contribution in [2.45, 2.75) is 25.9 Å². The topological polar surface area (TPSA) is 57.2 Å². The third-order valence-corrected chi connectivity index (χ3v) is 4.58. The van der Waals surface area contributed by atoms with E-state index in [2.05, 4.69) is 28.4 Å². The van der Waals surface area contributed by atoms with E-state index in [4.69, 9.17) is 4.74 Å². The second-order valence-electron chi connectivity index (χ2n) is 5.54. The first-order valence-corrected chi connectivity index (χ1v) is 9.58. The standard InChI is InChI=1S/C15H28N4O2S/c1-3-16-15(17-6-12-22-2)19-9-7-18(8-10-19)14(20)13-5-4-11-21-13/h13H,3-12H2,1-2H3,(H,16,17). The Kier molecular flexibility index (Phi) is 7.32. The van der Waals surface area contributed by atoms with Crippen molar-refractivity contribution in [2.75, 3.05) is 57.9 Å². The van der Waals surface area contributed by atoms with E-state index in [0.717, 1.165) is 70.4 Å². The summed E-state index contributed by atoms with van der Waals surface area (Å²) in [4.78, 5) is 21.2. The van der Waals surface area contributed by atoms with Gasteiger partial charge in [-0.3, -0.25) is 9.79 Å². The van der Waals surface area contributed by atoms with Gasteiger partial charge in [0.15, 0.2) is 5.96 Å². The molecule has 2 aliphatic heterocycles. The van der Waals surface area contributed by atoms with E-state index in [1.54, 1.807) is 11.8 Å². The summed E-state index contributed by atoms with van der Waals surface area (Å²) in [5, 5.41) is 3.35. The zero-order valence-electron chi connectivity index (χ0n) is 13.7. The van der Waals surface area contributed by atoms with E-state index in [1.165, 1.54) is 0 Å². The second-order valence-corrected chi connectivity index (χ2v) is 6.53. The Hall–Kier alpha value is -0.950. The molecule has 7 heteroatoms. The van der Waals surface area contributed by atoms with Gasteiger partial charge in [0, 0.05) is 45.1 Å². The van der Waals surface area contributed by atoms with E-state index in [9.17, 15) is 4.79 Å². The number of guanidine groups is 1. The first kappa shape index (κ1) is 17.4. The van der Waals surface area contributed by atoms with Crippen molar-refractivity contribution in [3.63, 3.8) is 0 Å². The molecule has 2 rings (SSSR count). The van der Waals surface area contributed by atoms with Gasteiger partial charge in [0.05, 0.1) is 6.54 Å². The van der Waals surface area contributed by atoms with Crippen LogP contribution < -0.4 is 5.32 Å². The minimum atomic E-state index is -0.199. The van der Waals surface area contributed by atoms with Crippen molar-refractivity contribution < 1.29 is 9.53 Å². The Bertz CT molecular complexity index is 378. The lowest BCUT2D eigenvalue weighted by molar-refractivity contribution is -0.142. The maximum atomic E-state index is 12.3. The quantitative estimate of drug-likeness (QED) is 0.456.